The molecule has 7 nitrogen and oxygen atoms in total. The van der Waals surface area contributed by atoms with Crippen LogP contribution in [0.15, 0.2) is 45.9 Å². The quantitative estimate of drug-likeness (QED) is 0.652. The number of rotatable bonds is 7. The molecule has 2 aromatic carbocycles. The Labute approximate surface area is 171 Å². The highest BCUT2D eigenvalue weighted by molar-refractivity contribution is 9.10. The topological polar surface area (TPSA) is 80.6 Å². The molecule has 0 radical (unpaired) electrons. The summed E-state index contributed by atoms with van der Waals surface area (Å²) < 4.78 is 16.6. The highest BCUT2D eigenvalue weighted by atomic mass is 79.9. The number of halogens is 1. The van der Waals surface area contributed by atoms with E-state index in [0.717, 1.165) is 43.2 Å². The van der Waals surface area contributed by atoms with Crippen molar-refractivity contribution >= 4 is 39.5 Å². The van der Waals surface area contributed by atoms with Crippen LogP contribution in [0.3, 0.4) is 0 Å². The zero-order valence-electron chi connectivity index (χ0n) is 15.4. The highest BCUT2D eigenvalue weighted by Gasteiger charge is 2.13. The van der Waals surface area contributed by atoms with E-state index >= 15 is 0 Å². The van der Waals surface area contributed by atoms with Gasteiger partial charge in [-0.2, -0.15) is 0 Å². The van der Waals surface area contributed by atoms with Gasteiger partial charge in [-0.1, -0.05) is 0 Å². The summed E-state index contributed by atoms with van der Waals surface area (Å²) in [5.41, 5.74) is 2.79. The number of carboxylic acids is 1. The average molecular weight is 449 g/mol. The standard InChI is InChI=1S/C20H21BrN2O5/c1-26-18-11-14(10-17(21)20(18)28-13-19(24)25)12-22-15-2-4-16(5-3-15)23-6-8-27-9-7-23/h2-5,10-12H,6-9,13H2,1H3,(H,24,25). The fraction of sp³-hybridized carbons (Fsp3) is 0.300. The van der Waals surface area contributed by atoms with Gasteiger partial charge in [0.15, 0.2) is 18.1 Å². The molecule has 1 N–H and O–H groups in total. The van der Waals surface area contributed by atoms with Crippen LogP contribution in [0.25, 0.3) is 0 Å². The van der Waals surface area contributed by atoms with E-state index in [4.69, 9.17) is 19.3 Å². The van der Waals surface area contributed by atoms with Gasteiger partial charge in [0.05, 0.1) is 30.5 Å². The number of morpholine rings is 1. The molecule has 1 heterocycles. The molecule has 0 spiro atoms. The second-order valence-corrected chi connectivity index (χ2v) is 6.94. The van der Waals surface area contributed by atoms with E-state index in [0.29, 0.717) is 16.0 Å². The van der Waals surface area contributed by atoms with Gasteiger partial charge in [-0.05, 0) is 57.9 Å². The van der Waals surface area contributed by atoms with E-state index in [-0.39, 0.29) is 0 Å². The third-order valence-electron chi connectivity index (χ3n) is 4.18. The Morgan fingerprint density at radius 2 is 2.00 bits per heavy atom. The molecule has 0 bridgehead atoms. The number of carboxylic acid groups (broad SMARTS) is 1. The molecule has 0 aromatic heterocycles. The molecule has 1 aliphatic rings. The minimum atomic E-state index is -1.06. The summed E-state index contributed by atoms with van der Waals surface area (Å²) in [4.78, 5) is 17.5. The SMILES string of the molecule is COc1cc(C=Nc2ccc(N3CCOCC3)cc2)cc(Br)c1OCC(=O)O. The fourth-order valence-electron chi connectivity index (χ4n) is 2.81. The Hall–Kier alpha value is -2.58. The van der Waals surface area contributed by atoms with Gasteiger partial charge >= 0.3 is 5.97 Å². The lowest BCUT2D eigenvalue weighted by Crippen LogP contribution is -2.36. The lowest BCUT2D eigenvalue weighted by atomic mass is 10.2. The predicted molar refractivity (Wildman–Crippen MR) is 111 cm³/mol. The summed E-state index contributed by atoms with van der Waals surface area (Å²) in [6.07, 6.45) is 1.72. The summed E-state index contributed by atoms with van der Waals surface area (Å²) in [5.74, 6) is -0.281. The average Bonchev–Trinajstić information content (AvgIpc) is 2.72. The number of benzene rings is 2. The summed E-state index contributed by atoms with van der Waals surface area (Å²) >= 11 is 3.39. The first-order valence-electron chi connectivity index (χ1n) is 8.76. The second-order valence-electron chi connectivity index (χ2n) is 6.09. The summed E-state index contributed by atoms with van der Waals surface area (Å²) in [5, 5.41) is 8.79. The zero-order valence-corrected chi connectivity index (χ0v) is 17.0. The first kappa shape index (κ1) is 20.2. The third kappa shape index (κ3) is 5.24. The van der Waals surface area contributed by atoms with Crippen molar-refractivity contribution in [3.8, 4) is 11.5 Å². The summed E-state index contributed by atoms with van der Waals surface area (Å²) in [6, 6.07) is 11.6. The monoisotopic (exact) mass is 448 g/mol. The fourth-order valence-corrected chi connectivity index (χ4v) is 3.38. The normalized spacial score (nSPS) is 14.3. The number of aliphatic carboxylic acids is 1. The molecule has 2 aromatic rings. The van der Waals surface area contributed by atoms with Gasteiger partial charge < -0.3 is 24.2 Å². The van der Waals surface area contributed by atoms with Crippen LogP contribution in [0.1, 0.15) is 5.56 Å². The molecule has 0 amide bonds. The second kappa shape index (κ2) is 9.57. The molecule has 148 valence electrons. The van der Waals surface area contributed by atoms with E-state index in [2.05, 4.69) is 38.0 Å². The number of aliphatic imine (C=N–C) groups is 1. The lowest BCUT2D eigenvalue weighted by molar-refractivity contribution is -0.139. The molecule has 0 saturated carbocycles. The van der Waals surface area contributed by atoms with Crippen molar-refractivity contribution in [3.05, 3.63) is 46.4 Å². The van der Waals surface area contributed by atoms with E-state index in [1.165, 1.54) is 7.11 Å². The highest BCUT2D eigenvalue weighted by Crippen LogP contribution is 2.36. The number of ether oxygens (including phenoxy) is 3. The van der Waals surface area contributed by atoms with Crippen LogP contribution in [0, 0.1) is 0 Å². The first-order chi connectivity index (χ1) is 13.6. The smallest absolute Gasteiger partial charge is 0.341 e. The molecule has 3 rings (SSSR count). The maximum atomic E-state index is 10.7. The number of hydrogen-bond donors (Lipinski definition) is 1. The minimum Gasteiger partial charge on any atom is -0.493 e. The van der Waals surface area contributed by atoms with Gasteiger partial charge in [0.2, 0.25) is 0 Å². The van der Waals surface area contributed by atoms with Crippen molar-refractivity contribution in [2.45, 2.75) is 0 Å². The van der Waals surface area contributed by atoms with Crippen LogP contribution >= 0.6 is 15.9 Å². The number of hydrogen-bond acceptors (Lipinski definition) is 6. The Kier molecular flexibility index (Phi) is 6.89. The van der Waals surface area contributed by atoms with Crippen LogP contribution in [-0.2, 0) is 9.53 Å². The molecule has 0 atom stereocenters. The van der Waals surface area contributed by atoms with E-state index in [1.54, 1.807) is 18.3 Å². The van der Waals surface area contributed by atoms with Crippen molar-refractivity contribution in [1.29, 1.82) is 0 Å². The Morgan fingerprint density at radius 3 is 2.64 bits per heavy atom. The molecule has 0 aliphatic carbocycles. The van der Waals surface area contributed by atoms with Crippen LogP contribution in [0.4, 0.5) is 11.4 Å². The molecule has 1 fully saturated rings. The third-order valence-corrected chi connectivity index (χ3v) is 4.77. The molecule has 0 unspecified atom stereocenters. The Bertz CT molecular complexity index is 848. The van der Waals surface area contributed by atoms with Crippen molar-refractivity contribution < 1.29 is 24.1 Å². The van der Waals surface area contributed by atoms with Crippen LogP contribution in [0.5, 0.6) is 11.5 Å². The zero-order chi connectivity index (χ0) is 19.9. The lowest BCUT2D eigenvalue weighted by Gasteiger charge is -2.28. The summed E-state index contributed by atoms with van der Waals surface area (Å²) in [6.45, 7) is 2.85. The molecular formula is C20H21BrN2O5. The van der Waals surface area contributed by atoms with Crippen LogP contribution in [-0.4, -0.2) is 57.3 Å². The Balaban J connectivity index is 1.72. The van der Waals surface area contributed by atoms with E-state index < -0.39 is 12.6 Å². The van der Waals surface area contributed by atoms with Gasteiger partial charge in [0.25, 0.3) is 0 Å². The molecule has 28 heavy (non-hydrogen) atoms. The first-order valence-corrected chi connectivity index (χ1v) is 9.55. The number of nitrogens with zero attached hydrogens (tertiary/aromatic N) is 2. The Morgan fingerprint density at radius 1 is 1.29 bits per heavy atom. The van der Waals surface area contributed by atoms with Gasteiger partial charge in [-0.25, -0.2) is 4.79 Å². The van der Waals surface area contributed by atoms with Crippen molar-refractivity contribution in [3.63, 3.8) is 0 Å². The van der Waals surface area contributed by atoms with E-state index in [9.17, 15) is 4.79 Å². The number of methoxy groups -OCH3 is 1. The van der Waals surface area contributed by atoms with Crippen molar-refractivity contribution in [1.82, 2.24) is 0 Å². The molecular weight excluding hydrogens is 428 g/mol. The maximum Gasteiger partial charge on any atom is 0.341 e. The number of anilines is 1. The molecule has 1 saturated heterocycles. The van der Waals surface area contributed by atoms with Crippen LogP contribution < -0.4 is 14.4 Å². The van der Waals surface area contributed by atoms with Gasteiger partial charge in [0.1, 0.15) is 0 Å². The largest absolute Gasteiger partial charge is 0.493 e. The van der Waals surface area contributed by atoms with E-state index in [1.807, 2.05) is 12.1 Å². The number of carbonyl (C=O) groups is 1. The van der Waals surface area contributed by atoms with Crippen LogP contribution in [0.2, 0.25) is 0 Å². The minimum absolute atomic E-state index is 0.344. The summed E-state index contributed by atoms with van der Waals surface area (Å²) in [7, 11) is 1.50. The van der Waals surface area contributed by atoms with Crippen molar-refractivity contribution in [2.75, 3.05) is 44.9 Å². The maximum absolute atomic E-state index is 10.7. The molecule has 8 heteroatoms. The van der Waals surface area contributed by atoms with Gasteiger partial charge in [-0.3, -0.25) is 4.99 Å². The van der Waals surface area contributed by atoms with Gasteiger partial charge in [-0.15, -0.1) is 0 Å². The predicted octanol–water partition coefficient (Wildman–Crippen LogP) is 3.51. The van der Waals surface area contributed by atoms with Crippen molar-refractivity contribution in [2.24, 2.45) is 4.99 Å². The molecule has 1 aliphatic heterocycles. The van der Waals surface area contributed by atoms with Gasteiger partial charge in [0, 0.05) is 25.0 Å².